The first-order valence-electron chi connectivity index (χ1n) is 9.76. The number of anilines is 1. The molecule has 0 aliphatic heterocycles. The molecular weight excluding hydrogens is 422 g/mol. The molecule has 0 atom stereocenters. The molecule has 0 saturated carbocycles. The van der Waals surface area contributed by atoms with Crippen LogP contribution in [0, 0.1) is 6.57 Å². The Morgan fingerprint density at radius 1 is 1.03 bits per heavy atom. The molecule has 5 aromatic rings. The average molecular weight is 438 g/mol. The molecule has 32 heavy (non-hydrogen) atoms. The van der Waals surface area contributed by atoms with E-state index >= 15 is 0 Å². The van der Waals surface area contributed by atoms with Gasteiger partial charge in [0.1, 0.15) is 11.3 Å². The number of alkyl halides is 1. The van der Waals surface area contributed by atoms with E-state index in [2.05, 4.69) is 14.8 Å². The number of hydrogen-bond donors (Lipinski definition) is 1. The van der Waals surface area contributed by atoms with E-state index in [1.165, 1.54) is 6.20 Å². The van der Waals surface area contributed by atoms with Crippen molar-refractivity contribution in [1.29, 1.82) is 0 Å². The Hall–Kier alpha value is -4.28. The molecule has 0 radical (unpaired) electrons. The van der Waals surface area contributed by atoms with Crippen LogP contribution in [0.2, 0.25) is 0 Å². The van der Waals surface area contributed by atoms with Crippen molar-refractivity contribution in [2.24, 2.45) is 0 Å². The molecule has 0 unspecified atom stereocenters. The van der Waals surface area contributed by atoms with Crippen LogP contribution in [0.4, 0.5) is 11.5 Å². The molecule has 4 heterocycles. The zero-order valence-corrected chi connectivity index (χ0v) is 17.5. The van der Waals surface area contributed by atoms with Gasteiger partial charge in [0.15, 0.2) is 11.5 Å². The van der Waals surface area contributed by atoms with E-state index < -0.39 is 0 Å². The van der Waals surface area contributed by atoms with Crippen molar-refractivity contribution in [3.8, 4) is 28.3 Å². The van der Waals surface area contributed by atoms with Crippen molar-refractivity contribution in [2.75, 3.05) is 5.73 Å². The molecule has 0 saturated heterocycles. The van der Waals surface area contributed by atoms with Gasteiger partial charge in [-0.3, -0.25) is 9.55 Å². The molecule has 2 N–H and O–H groups in total. The first kappa shape index (κ1) is 19.7. The lowest BCUT2D eigenvalue weighted by Gasteiger charge is -2.11. The van der Waals surface area contributed by atoms with Crippen molar-refractivity contribution >= 4 is 34.3 Å². The highest BCUT2D eigenvalue weighted by molar-refractivity contribution is 6.17. The topological polar surface area (TPSA) is 86.9 Å². The number of nitrogen functional groups attached to an aromatic ring is 1. The quantitative estimate of drug-likeness (QED) is 0.300. The van der Waals surface area contributed by atoms with Gasteiger partial charge in [0, 0.05) is 35.7 Å². The molecule has 1 aromatic carbocycles. The summed E-state index contributed by atoms with van der Waals surface area (Å²) in [5, 5.41) is 0. The van der Waals surface area contributed by atoms with E-state index in [4.69, 9.17) is 33.9 Å². The number of imidazole rings is 1. The van der Waals surface area contributed by atoms with Gasteiger partial charge in [0.2, 0.25) is 5.69 Å². The van der Waals surface area contributed by atoms with Crippen molar-refractivity contribution in [3.63, 3.8) is 0 Å². The Bertz CT molecular complexity index is 1480. The highest BCUT2D eigenvalue weighted by atomic mass is 35.5. The number of fused-ring (bicyclic) bond motifs is 1. The molecule has 0 aliphatic carbocycles. The van der Waals surface area contributed by atoms with Gasteiger partial charge in [-0.2, -0.15) is 0 Å². The third-order valence-corrected chi connectivity index (χ3v) is 5.39. The summed E-state index contributed by atoms with van der Waals surface area (Å²) in [5.41, 5.74) is 12.1. The van der Waals surface area contributed by atoms with Crippen LogP contribution in [-0.4, -0.2) is 24.5 Å². The number of halogens is 1. The predicted molar refractivity (Wildman–Crippen MR) is 126 cm³/mol. The van der Waals surface area contributed by atoms with Crippen molar-refractivity contribution < 1.29 is 0 Å². The minimum atomic E-state index is 0.385. The summed E-state index contributed by atoms with van der Waals surface area (Å²) >= 11 is 5.98. The summed E-state index contributed by atoms with van der Waals surface area (Å²) < 4.78 is 1.95. The van der Waals surface area contributed by atoms with Crippen LogP contribution in [0.3, 0.4) is 0 Å². The van der Waals surface area contributed by atoms with E-state index in [0.29, 0.717) is 45.6 Å². The maximum atomic E-state index is 7.26. The second kappa shape index (κ2) is 8.10. The maximum absolute atomic E-state index is 7.26. The fourth-order valence-electron chi connectivity index (χ4n) is 3.51. The van der Waals surface area contributed by atoms with Crippen LogP contribution in [0.25, 0.3) is 44.3 Å². The fourth-order valence-corrected chi connectivity index (χ4v) is 3.69. The first-order chi connectivity index (χ1) is 15.7. The highest BCUT2D eigenvalue weighted by Gasteiger charge is 2.18. The van der Waals surface area contributed by atoms with Crippen LogP contribution in [0.15, 0.2) is 73.2 Å². The van der Waals surface area contributed by atoms with Crippen molar-refractivity contribution in [2.45, 2.75) is 5.88 Å². The number of hydrogen-bond acceptors (Lipinski definition) is 5. The molecule has 0 bridgehead atoms. The monoisotopic (exact) mass is 437 g/mol. The lowest BCUT2D eigenvalue weighted by molar-refractivity contribution is 1.07. The third kappa shape index (κ3) is 3.43. The van der Waals surface area contributed by atoms with Gasteiger partial charge in [-0.05, 0) is 48.0 Å². The molecule has 7 nitrogen and oxygen atoms in total. The molecular formula is C24H16ClN7. The van der Waals surface area contributed by atoms with Crippen LogP contribution in [0.5, 0.6) is 0 Å². The number of rotatable bonds is 4. The van der Waals surface area contributed by atoms with E-state index in [1.807, 2.05) is 53.1 Å². The van der Waals surface area contributed by atoms with Crippen LogP contribution in [-0.2, 0) is 5.88 Å². The smallest absolute Gasteiger partial charge is 0.205 e. The van der Waals surface area contributed by atoms with Gasteiger partial charge in [0.05, 0.1) is 17.8 Å². The summed E-state index contributed by atoms with van der Waals surface area (Å²) in [5.74, 6) is 1.46. The number of pyridine rings is 3. The van der Waals surface area contributed by atoms with E-state index in [0.717, 1.165) is 16.8 Å². The molecule has 0 fully saturated rings. The Balaban J connectivity index is 1.78. The SMILES string of the molecule is [C-]#[N+]c1cncc(-c2ccc3nc(-c4cccnc4N)n(-c4ccc(CCl)cc4)c3n2)c1. The largest absolute Gasteiger partial charge is 0.383 e. The molecule has 0 aliphatic rings. The number of aromatic nitrogens is 5. The molecule has 4 aromatic heterocycles. The summed E-state index contributed by atoms with van der Waals surface area (Å²) in [6.45, 7) is 7.26. The fraction of sp³-hybridized carbons (Fsp3) is 0.0417. The standard InChI is InChI=1S/C24H16ClN7/c1-27-17-11-16(13-28-14-17)20-8-9-21-24(30-20)32(18-6-4-15(12-25)5-7-18)23(31-21)19-3-2-10-29-22(19)26/h2-11,13-14H,12H2,(H2,26,29). The normalized spacial score (nSPS) is 10.9. The second-order valence-corrected chi connectivity index (χ2v) is 7.36. The zero-order chi connectivity index (χ0) is 22.1. The summed E-state index contributed by atoms with van der Waals surface area (Å²) in [4.78, 5) is 21.6. The summed E-state index contributed by atoms with van der Waals surface area (Å²) in [7, 11) is 0. The Morgan fingerprint density at radius 3 is 2.62 bits per heavy atom. The van der Waals surface area contributed by atoms with Crippen molar-refractivity contribution in [3.05, 3.63) is 90.2 Å². The lowest BCUT2D eigenvalue weighted by Crippen LogP contribution is -2.02. The van der Waals surface area contributed by atoms with Crippen LogP contribution < -0.4 is 5.73 Å². The highest BCUT2D eigenvalue weighted by Crippen LogP contribution is 2.32. The number of nitrogens with two attached hydrogens (primary N) is 1. The molecule has 154 valence electrons. The van der Waals surface area contributed by atoms with E-state index in [-0.39, 0.29) is 0 Å². The van der Waals surface area contributed by atoms with Crippen LogP contribution >= 0.6 is 11.6 Å². The van der Waals surface area contributed by atoms with Gasteiger partial charge < -0.3 is 5.73 Å². The third-order valence-electron chi connectivity index (χ3n) is 5.08. The zero-order valence-electron chi connectivity index (χ0n) is 16.8. The van der Waals surface area contributed by atoms with Gasteiger partial charge in [-0.1, -0.05) is 12.1 Å². The Morgan fingerprint density at radius 2 is 1.88 bits per heavy atom. The Labute approximate surface area is 189 Å². The molecule has 5 rings (SSSR count). The van der Waals surface area contributed by atoms with Gasteiger partial charge in [-0.25, -0.2) is 19.8 Å². The molecule has 0 amide bonds. The predicted octanol–water partition coefficient (Wildman–Crippen LogP) is 5.42. The van der Waals surface area contributed by atoms with E-state index in [1.54, 1.807) is 18.5 Å². The summed E-state index contributed by atoms with van der Waals surface area (Å²) in [6.07, 6.45) is 4.87. The molecule has 0 spiro atoms. The van der Waals surface area contributed by atoms with Gasteiger partial charge in [0.25, 0.3) is 0 Å². The minimum Gasteiger partial charge on any atom is -0.383 e. The lowest BCUT2D eigenvalue weighted by atomic mass is 10.2. The second-order valence-electron chi connectivity index (χ2n) is 7.09. The van der Waals surface area contributed by atoms with E-state index in [9.17, 15) is 0 Å². The number of benzene rings is 1. The van der Waals surface area contributed by atoms with Gasteiger partial charge in [-0.15, -0.1) is 11.6 Å². The van der Waals surface area contributed by atoms with Crippen LogP contribution in [0.1, 0.15) is 5.56 Å². The maximum Gasteiger partial charge on any atom is 0.205 e. The van der Waals surface area contributed by atoms with Crippen molar-refractivity contribution in [1.82, 2.24) is 24.5 Å². The first-order valence-corrected chi connectivity index (χ1v) is 10.3. The summed E-state index contributed by atoms with van der Waals surface area (Å²) in [6, 6.07) is 17.1. The minimum absolute atomic E-state index is 0.385. The number of nitrogens with zero attached hydrogens (tertiary/aromatic N) is 6. The van der Waals surface area contributed by atoms with Gasteiger partial charge >= 0.3 is 0 Å². The molecule has 8 heteroatoms. The Kier molecular flexibility index (Phi) is 4.98. The average Bonchev–Trinajstić information content (AvgIpc) is 3.23.